The molecule has 126 valence electrons. The van der Waals surface area contributed by atoms with Crippen LogP contribution in [0.2, 0.25) is 10.3 Å². The van der Waals surface area contributed by atoms with Gasteiger partial charge in [-0.25, -0.2) is 14.4 Å². The van der Waals surface area contributed by atoms with Crippen LogP contribution >= 0.6 is 23.2 Å². The normalized spacial score (nSPS) is 16.7. The fourth-order valence-corrected chi connectivity index (χ4v) is 3.53. The Labute approximate surface area is 151 Å². The van der Waals surface area contributed by atoms with E-state index >= 15 is 0 Å². The van der Waals surface area contributed by atoms with Gasteiger partial charge in [-0.1, -0.05) is 39.3 Å². The van der Waals surface area contributed by atoms with Crippen molar-refractivity contribution in [1.29, 1.82) is 0 Å². The Balaban J connectivity index is 2.17. The third-order valence-electron chi connectivity index (χ3n) is 4.68. The fourth-order valence-electron chi connectivity index (χ4n) is 3.19. The van der Waals surface area contributed by atoms with Crippen LogP contribution in [0.1, 0.15) is 39.7 Å². The van der Waals surface area contributed by atoms with Crippen LogP contribution in [-0.2, 0) is 5.41 Å². The molecule has 0 saturated heterocycles. The number of fused-ring (bicyclic) bond motifs is 1. The fraction of sp³-hybridized carbons (Fsp3) is 0.389. The van der Waals surface area contributed by atoms with E-state index in [1.54, 1.807) is 0 Å². The Morgan fingerprint density at radius 1 is 1.25 bits per heavy atom. The Morgan fingerprint density at radius 2 is 1.96 bits per heavy atom. The molecule has 0 spiro atoms. The van der Waals surface area contributed by atoms with Gasteiger partial charge in [-0.3, -0.25) is 4.99 Å². The number of hydrogen-bond acceptors (Lipinski definition) is 3. The molecule has 6 heteroatoms. The summed E-state index contributed by atoms with van der Waals surface area (Å²) in [5, 5.41) is 0.406. The Kier molecular flexibility index (Phi) is 4.39. The molecule has 0 radical (unpaired) electrons. The highest BCUT2D eigenvalue weighted by Crippen LogP contribution is 2.46. The van der Waals surface area contributed by atoms with Crippen molar-refractivity contribution < 1.29 is 4.39 Å². The highest BCUT2D eigenvalue weighted by molar-refractivity contribution is 6.33. The van der Waals surface area contributed by atoms with Crippen LogP contribution in [-0.4, -0.2) is 15.7 Å². The van der Waals surface area contributed by atoms with Crippen LogP contribution in [0.5, 0.6) is 0 Å². The van der Waals surface area contributed by atoms with E-state index in [1.165, 1.54) is 12.3 Å². The molecular formula is C18H18Cl2FN3. The Bertz CT molecular complexity index is 846. The lowest BCUT2D eigenvalue weighted by Gasteiger charge is -2.26. The number of aliphatic imine (C=N–C) groups is 1. The first kappa shape index (κ1) is 17.3. The zero-order valence-corrected chi connectivity index (χ0v) is 15.5. The molecule has 2 aromatic rings. The van der Waals surface area contributed by atoms with Crippen molar-refractivity contribution in [2.45, 2.75) is 39.5 Å². The second kappa shape index (κ2) is 6.08. The number of halogens is 3. The molecule has 0 saturated carbocycles. The number of benzene rings is 1. The van der Waals surface area contributed by atoms with E-state index in [4.69, 9.17) is 23.2 Å². The topological polar surface area (TPSA) is 38.1 Å². The van der Waals surface area contributed by atoms with E-state index in [0.717, 1.165) is 17.7 Å². The number of hydrogen-bond donors (Lipinski definition) is 0. The van der Waals surface area contributed by atoms with Gasteiger partial charge in [0.05, 0.1) is 16.9 Å². The smallest absolute Gasteiger partial charge is 0.222 e. The molecule has 1 unspecified atom stereocenters. The third kappa shape index (κ3) is 2.72. The van der Waals surface area contributed by atoms with Gasteiger partial charge in [0, 0.05) is 16.7 Å². The Hall–Kier alpha value is -1.52. The molecular weight excluding hydrogens is 348 g/mol. The summed E-state index contributed by atoms with van der Waals surface area (Å²) in [7, 11) is 0. The van der Waals surface area contributed by atoms with Gasteiger partial charge in [-0.15, -0.1) is 0 Å². The average Bonchev–Trinajstić information content (AvgIpc) is 2.81. The van der Waals surface area contributed by atoms with Crippen molar-refractivity contribution in [3.8, 4) is 11.3 Å². The number of rotatable bonds is 3. The number of aromatic nitrogens is 2. The minimum absolute atomic E-state index is 0.0751. The van der Waals surface area contributed by atoms with Crippen molar-refractivity contribution in [3.05, 3.63) is 40.0 Å². The van der Waals surface area contributed by atoms with Crippen LogP contribution in [0, 0.1) is 11.7 Å². The van der Waals surface area contributed by atoms with Crippen molar-refractivity contribution >= 4 is 34.6 Å². The molecule has 1 atom stereocenters. The predicted octanol–water partition coefficient (Wildman–Crippen LogP) is 6.00. The molecule has 0 bridgehead atoms. The average molecular weight is 366 g/mol. The summed E-state index contributed by atoms with van der Waals surface area (Å²) in [5.41, 5.74) is 2.92. The van der Waals surface area contributed by atoms with Crippen molar-refractivity contribution in [2.75, 3.05) is 0 Å². The SMILES string of the molecule is CCC(C)C1=Nc2c(F)cc(-c3nc(Cl)ncc3Cl)cc2C1(C)C. The highest BCUT2D eigenvalue weighted by Gasteiger charge is 2.38. The molecule has 3 nitrogen and oxygen atoms in total. The van der Waals surface area contributed by atoms with Gasteiger partial charge < -0.3 is 0 Å². The first-order valence-electron chi connectivity index (χ1n) is 7.87. The minimum atomic E-state index is -0.375. The highest BCUT2D eigenvalue weighted by atomic mass is 35.5. The van der Waals surface area contributed by atoms with Gasteiger partial charge in [0.2, 0.25) is 5.28 Å². The van der Waals surface area contributed by atoms with Crippen LogP contribution in [0.15, 0.2) is 23.3 Å². The molecule has 1 aromatic carbocycles. The zero-order chi connectivity index (χ0) is 17.6. The van der Waals surface area contributed by atoms with Gasteiger partial charge in [0.1, 0.15) is 11.5 Å². The van der Waals surface area contributed by atoms with Crippen LogP contribution in [0.3, 0.4) is 0 Å². The van der Waals surface area contributed by atoms with E-state index in [0.29, 0.717) is 22.0 Å². The van der Waals surface area contributed by atoms with E-state index in [2.05, 4.69) is 42.7 Å². The summed E-state index contributed by atoms with van der Waals surface area (Å²) in [6.07, 6.45) is 2.38. The van der Waals surface area contributed by atoms with Gasteiger partial charge in [0.15, 0.2) is 0 Å². The summed E-state index contributed by atoms with van der Waals surface area (Å²) in [4.78, 5) is 12.6. The summed E-state index contributed by atoms with van der Waals surface area (Å²) >= 11 is 12.0. The molecule has 0 aliphatic carbocycles. The maximum atomic E-state index is 14.7. The van der Waals surface area contributed by atoms with Crippen molar-refractivity contribution in [2.24, 2.45) is 10.9 Å². The van der Waals surface area contributed by atoms with E-state index in [9.17, 15) is 4.39 Å². The monoisotopic (exact) mass is 365 g/mol. The largest absolute Gasteiger partial charge is 0.253 e. The quantitative estimate of drug-likeness (QED) is 0.625. The van der Waals surface area contributed by atoms with E-state index < -0.39 is 0 Å². The molecule has 0 fully saturated rings. The lowest BCUT2D eigenvalue weighted by molar-refractivity contribution is 0.622. The Morgan fingerprint density at radius 3 is 2.62 bits per heavy atom. The lowest BCUT2D eigenvalue weighted by atomic mass is 9.76. The summed E-state index contributed by atoms with van der Waals surface area (Å²) in [6.45, 7) is 8.37. The minimum Gasteiger partial charge on any atom is -0.253 e. The lowest BCUT2D eigenvalue weighted by Crippen LogP contribution is -2.30. The zero-order valence-electron chi connectivity index (χ0n) is 14.0. The third-order valence-corrected chi connectivity index (χ3v) is 5.14. The second-order valence-electron chi connectivity index (χ2n) is 6.62. The van der Waals surface area contributed by atoms with Gasteiger partial charge >= 0.3 is 0 Å². The maximum absolute atomic E-state index is 14.7. The molecule has 1 aromatic heterocycles. The molecule has 3 rings (SSSR count). The van der Waals surface area contributed by atoms with E-state index in [-0.39, 0.29) is 22.4 Å². The summed E-state index contributed by atoms with van der Waals surface area (Å²) in [5.74, 6) is -0.0907. The van der Waals surface area contributed by atoms with Gasteiger partial charge in [-0.2, -0.15) is 0 Å². The van der Waals surface area contributed by atoms with Crippen LogP contribution < -0.4 is 0 Å². The van der Waals surface area contributed by atoms with Crippen molar-refractivity contribution in [1.82, 2.24) is 9.97 Å². The summed E-state index contributed by atoms with van der Waals surface area (Å²) < 4.78 is 14.7. The van der Waals surface area contributed by atoms with Gasteiger partial charge in [0.25, 0.3) is 0 Å². The molecule has 0 amide bonds. The van der Waals surface area contributed by atoms with Crippen LogP contribution in [0.4, 0.5) is 10.1 Å². The molecule has 2 heterocycles. The van der Waals surface area contributed by atoms with Crippen molar-refractivity contribution in [3.63, 3.8) is 0 Å². The number of nitrogens with zero attached hydrogens (tertiary/aromatic N) is 3. The van der Waals surface area contributed by atoms with E-state index in [1.807, 2.05) is 6.07 Å². The standard InChI is InChI=1S/C18H18Cl2FN3/c1-5-9(2)16-18(3,4)11-6-10(7-13(21)15(11)23-16)14-12(19)8-22-17(20)24-14/h6-9H,5H2,1-4H3. The predicted molar refractivity (Wildman–Crippen MR) is 97.0 cm³/mol. The molecule has 1 aliphatic rings. The van der Waals surface area contributed by atoms with Crippen LogP contribution in [0.25, 0.3) is 11.3 Å². The second-order valence-corrected chi connectivity index (χ2v) is 7.37. The maximum Gasteiger partial charge on any atom is 0.222 e. The molecule has 24 heavy (non-hydrogen) atoms. The first-order chi connectivity index (χ1) is 11.3. The molecule has 1 aliphatic heterocycles. The molecule has 0 N–H and O–H groups in total. The van der Waals surface area contributed by atoms with Gasteiger partial charge in [-0.05, 0) is 41.6 Å². The first-order valence-corrected chi connectivity index (χ1v) is 8.62. The summed E-state index contributed by atoms with van der Waals surface area (Å²) in [6, 6.07) is 3.31.